The second-order valence-corrected chi connectivity index (χ2v) is 7.82. The highest BCUT2D eigenvalue weighted by Crippen LogP contribution is 2.41. The van der Waals surface area contributed by atoms with Crippen molar-refractivity contribution in [2.24, 2.45) is 0 Å². The van der Waals surface area contributed by atoms with Crippen molar-refractivity contribution in [1.29, 1.82) is 0 Å². The molecule has 0 radical (unpaired) electrons. The third-order valence-electron chi connectivity index (χ3n) is 5.81. The standard InChI is InChI=1S/C25H27NO6/c1-3-31-18-11-9-16(10-12-18)23(27)21-22(17-6-4-7-19(14-17)30-2)26(25(29)24(21)28)15-20-8-5-13-32-20/h4,6-7,9-12,14,20,22,27H,3,5,8,13,15H2,1-2H3/b23-21-. The number of aliphatic hydroxyl groups excluding tert-OH is 1. The van der Waals surface area contributed by atoms with Gasteiger partial charge < -0.3 is 24.2 Å². The number of rotatable bonds is 7. The van der Waals surface area contributed by atoms with Crippen molar-refractivity contribution >= 4 is 17.4 Å². The first kappa shape index (κ1) is 21.9. The van der Waals surface area contributed by atoms with Crippen molar-refractivity contribution < 1.29 is 28.9 Å². The van der Waals surface area contributed by atoms with Gasteiger partial charge in [-0.05, 0) is 61.7 Å². The fraction of sp³-hybridized carbons (Fsp3) is 0.360. The van der Waals surface area contributed by atoms with Crippen molar-refractivity contribution in [3.63, 3.8) is 0 Å². The average Bonchev–Trinajstić information content (AvgIpc) is 3.42. The molecule has 0 aliphatic carbocycles. The van der Waals surface area contributed by atoms with Crippen LogP contribution in [0.4, 0.5) is 0 Å². The molecular formula is C25H27NO6. The smallest absolute Gasteiger partial charge is 0.295 e. The van der Waals surface area contributed by atoms with Crippen LogP contribution in [0.1, 0.15) is 36.9 Å². The molecule has 0 saturated carbocycles. The zero-order valence-electron chi connectivity index (χ0n) is 18.2. The molecule has 7 nitrogen and oxygen atoms in total. The second kappa shape index (κ2) is 9.44. The minimum atomic E-state index is -0.735. The quantitative estimate of drug-likeness (QED) is 0.404. The molecule has 2 heterocycles. The summed E-state index contributed by atoms with van der Waals surface area (Å²) in [6, 6.07) is 13.3. The average molecular weight is 437 g/mol. The Morgan fingerprint density at radius 2 is 1.94 bits per heavy atom. The Morgan fingerprint density at radius 1 is 1.16 bits per heavy atom. The minimum absolute atomic E-state index is 0.0606. The highest BCUT2D eigenvalue weighted by molar-refractivity contribution is 6.46. The van der Waals surface area contributed by atoms with E-state index in [4.69, 9.17) is 14.2 Å². The van der Waals surface area contributed by atoms with E-state index in [0.717, 1.165) is 12.8 Å². The van der Waals surface area contributed by atoms with Crippen molar-refractivity contribution in [1.82, 2.24) is 4.90 Å². The zero-order valence-corrected chi connectivity index (χ0v) is 18.2. The lowest BCUT2D eigenvalue weighted by molar-refractivity contribution is -0.140. The highest BCUT2D eigenvalue weighted by Gasteiger charge is 2.47. The summed E-state index contributed by atoms with van der Waals surface area (Å²) < 4.78 is 16.5. The summed E-state index contributed by atoms with van der Waals surface area (Å²) in [5, 5.41) is 11.1. The molecule has 168 valence electrons. The molecular weight excluding hydrogens is 410 g/mol. The lowest BCUT2D eigenvalue weighted by Crippen LogP contribution is -2.36. The van der Waals surface area contributed by atoms with E-state index in [2.05, 4.69) is 0 Å². The van der Waals surface area contributed by atoms with Gasteiger partial charge in [0.2, 0.25) is 0 Å². The van der Waals surface area contributed by atoms with Gasteiger partial charge in [0.25, 0.3) is 11.7 Å². The van der Waals surface area contributed by atoms with E-state index >= 15 is 0 Å². The van der Waals surface area contributed by atoms with Gasteiger partial charge in [-0.1, -0.05) is 12.1 Å². The van der Waals surface area contributed by atoms with Crippen molar-refractivity contribution in [3.8, 4) is 11.5 Å². The highest BCUT2D eigenvalue weighted by atomic mass is 16.5. The van der Waals surface area contributed by atoms with Gasteiger partial charge in [-0.25, -0.2) is 0 Å². The predicted molar refractivity (Wildman–Crippen MR) is 119 cm³/mol. The molecule has 2 aliphatic rings. The van der Waals surface area contributed by atoms with Gasteiger partial charge in [0, 0.05) is 18.7 Å². The van der Waals surface area contributed by atoms with Gasteiger partial charge in [-0.2, -0.15) is 0 Å². The lowest BCUT2D eigenvalue weighted by Gasteiger charge is -2.27. The zero-order chi connectivity index (χ0) is 22.7. The van der Waals surface area contributed by atoms with Gasteiger partial charge in [0.15, 0.2) is 0 Å². The Bertz CT molecular complexity index is 1020. The fourth-order valence-corrected chi connectivity index (χ4v) is 4.27. The van der Waals surface area contributed by atoms with Crippen LogP contribution < -0.4 is 9.47 Å². The predicted octanol–water partition coefficient (Wildman–Crippen LogP) is 3.69. The Labute approximate surface area is 187 Å². The van der Waals surface area contributed by atoms with Gasteiger partial charge in [0.05, 0.1) is 31.4 Å². The van der Waals surface area contributed by atoms with Crippen LogP contribution in [0, 0.1) is 0 Å². The molecule has 2 unspecified atom stereocenters. The Hall–Kier alpha value is -3.32. The van der Waals surface area contributed by atoms with E-state index in [1.54, 1.807) is 49.6 Å². The summed E-state index contributed by atoms with van der Waals surface area (Å²) in [5.74, 6) is -0.296. The molecule has 0 aromatic heterocycles. The van der Waals surface area contributed by atoms with Crippen LogP contribution in [0.15, 0.2) is 54.1 Å². The number of amides is 1. The van der Waals surface area contributed by atoms with E-state index in [0.29, 0.717) is 35.8 Å². The first-order chi connectivity index (χ1) is 15.5. The number of ether oxygens (including phenoxy) is 3. The number of likely N-dealkylation sites (tertiary alicyclic amines) is 1. The summed E-state index contributed by atoms with van der Waals surface area (Å²) >= 11 is 0. The first-order valence-electron chi connectivity index (χ1n) is 10.8. The number of aliphatic hydroxyl groups is 1. The van der Waals surface area contributed by atoms with Gasteiger partial charge in [-0.15, -0.1) is 0 Å². The second-order valence-electron chi connectivity index (χ2n) is 7.82. The largest absolute Gasteiger partial charge is 0.507 e. The maximum Gasteiger partial charge on any atom is 0.295 e. The van der Waals surface area contributed by atoms with Crippen LogP contribution in [-0.2, 0) is 14.3 Å². The monoisotopic (exact) mass is 437 g/mol. The van der Waals surface area contributed by atoms with Crippen LogP contribution in [0.25, 0.3) is 5.76 Å². The summed E-state index contributed by atoms with van der Waals surface area (Å²) in [5.41, 5.74) is 1.19. The molecule has 2 aromatic carbocycles. The van der Waals surface area contributed by atoms with Crippen LogP contribution >= 0.6 is 0 Å². The molecule has 2 aromatic rings. The molecule has 2 aliphatic heterocycles. The van der Waals surface area contributed by atoms with Crippen LogP contribution in [0.3, 0.4) is 0 Å². The molecule has 0 bridgehead atoms. The maximum absolute atomic E-state index is 13.1. The van der Waals surface area contributed by atoms with Gasteiger partial charge >= 0.3 is 0 Å². The van der Waals surface area contributed by atoms with E-state index < -0.39 is 17.7 Å². The van der Waals surface area contributed by atoms with Crippen LogP contribution in [0.5, 0.6) is 11.5 Å². The number of carbonyl (C=O) groups is 2. The number of benzene rings is 2. The first-order valence-corrected chi connectivity index (χ1v) is 10.8. The maximum atomic E-state index is 13.1. The SMILES string of the molecule is CCOc1ccc(/C(O)=C2/C(=O)C(=O)N(CC3CCCO3)C2c2cccc(OC)c2)cc1. The normalized spacial score (nSPS) is 22.4. The molecule has 2 atom stereocenters. The molecule has 1 N–H and O–H groups in total. The van der Waals surface area contributed by atoms with E-state index in [9.17, 15) is 14.7 Å². The van der Waals surface area contributed by atoms with Crippen LogP contribution in [-0.4, -0.2) is 54.7 Å². The molecule has 1 amide bonds. The summed E-state index contributed by atoms with van der Waals surface area (Å²) in [6.45, 7) is 3.34. The van der Waals surface area contributed by atoms with E-state index in [1.165, 1.54) is 4.90 Å². The van der Waals surface area contributed by atoms with Crippen molar-refractivity contribution in [2.45, 2.75) is 31.9 Å². The molecule has 2 saturated heterocycles. The lowest BCUT2D eigenvalue weighted by atomic mass is 9.95. The number of hydrogen-bond donors (Lipinski definition) is 1. The van der Waals surface area contributed by atoms with Crippen LogP contribution in [0.2, 0.25) is 0 Å². The number of ketones is 1. The molecule has 2 fully saturated rings. The summed E-state index contributed by atoms with van der Waals surface area (Å²) in [7, 11) is 1.56. The number of Topliss-reactive ketones (excluding diaryl/α,β-unsaturated/α-hetero) is 1. The number of methoxy groups -OCH3 is 1. The Morgan fingerprint density at radius 3 is 2.59 bits per heavy atom. The Balaban J connectivity index is 1.79. The molecule has 0 spiro atoms. The molecule has 4 rings (SSSR count). The summed E-state index contributed by atoms with van der Waals surface area (Å²) in [6.07, 6.45) is 1.61. The molecule has 7 heteroatoms. The number of carbonyl (C=O) groups excluding carboxylic acids is 2. The molecule has 32 heavy (non-hydrogen) atoms. The van der Waals surface area contributed by atoms with E-state index in [-0.39, 0.29) is 24.0 Å². The van der Waals surface area contributed by atoms with Gasteiger partial charge in [-0.3, -0.25) is 9.59 Å². The van der Waals surface area contributed by atoms with E-state index in [1.807, 2.05) is 13.0 Å². The van der Waals surface area contributed by atoms with Gasteiger partial charge in [0.1, 0.15) is 17.3 Å². The van der Waals surface area contributed by atoms with Crippen molar-refractivity contribution in [3.05, 3.63) is 65.2 Å². The topological polar surface area (TPSA) is 85.3 Å². The fourth-order valence-electron chi connectivity index (χ4n) is 4.27. The summed E-state index contributed by atoms with van der Waals surface area (Å²) in [4.78, 5) is 27.7. The van der Waals surface area contributed by atoms with Crippen molar-refractivity contribution in [2.75, 3.05) is 26.9 Å². The third kappa shape index (κ3) is 4.21. The Kier molecular flexibility index (Phi) is 6.46. The third-order valence-corrected chi connectivity index (χ3v) is 5.81. The number of hydrogen-bond acceptors (Lipinski definition) is 6. The number of nitrogens with zero attached hydrogens (tertiary/aromatic N) is 1. The minimum Gasteiger partial charge on any atom is -0.507 e.